The van der Waals surface area contributed by atoms with Crippen LogP contribution in [-0.4, -0.2) is 15.9 Å². The van der Waals surface area contributed by atoms with Gasteiger partial charge in [-0.15, -0.1) is 12.4 Å². The highest BCUT2D eigenvalue weighted by Crippen LogP contribution is 2.23. The van der Waals surface area contributed by atoms with E-state index in [1.807, 2.05) is 48.5 Å². The average molecular weight is 344 g/mol. The normalized spacial score (nSPS) is 10.4. The molecular weight excluding hydrogens is 322 g/mol. The van der Waals surface area contributed by atoms with Gasteiger partial charge in [-0.1, -0.05) is 44.0 Å². The molecule has 5 heteroatoms. The van der Waals surface area contributed by atoms with Gasteiger partial charge >= 0.3 is 0 Å². The third-order valence-electron chi connectivity index (χ3n) is 3.82. The van der Waals surface area contributed by atoms with Gasteiger partial charge in [-0.05, 0) is 30.7 Å². The Morgan fingerprint density at radius 1 is 1.12 bits per heavy atom. The zero-order chi connectivity index (χ0) is 16.1. The summed E-state index contributed by atoms with van der Waals surface area (Å²) in [6, 6.07) is 15.7. The number of aromatic nitrogens is 2. The van der Waals surface area contributed by atoms with E-state index >= 15 is 0 Å². The predicted octanol–water partition coefficient (Wildman–Crippen LogP) is 5.17. The number of rotatable bonds is 6. The number of hydrogen-bond donors (Lipinski definition) is 2. The number of benzene rings is 2. The van der Waals surface area contributed by atoms with E-state index in [-0.39, 0.29) is 18.3 Å². The van der Waals surface area contributed by atoms with Crippen molar-refractivity contribution >= 4 is 35.0 Å². The minimum atomic E-state index is 0. The van der Waals surface area contributed by atoms with Crippen molar-refractivity contribution in [1.29, 1.82) is 0 Å². The van der Waals surface area contributed by atoms with Crippen LogP contribution in [0.25, 0.3) is 22.4 Å². The Morgan fingerprint density at radius 2 is 1.96 bits per heavy atom. The Balaban J connectivity index is 0.00000208. The Kier molecular flexibility index (Phi) is 6.38. The molecule has 3 aromatic rings. The number of carbonyl (C=O) groups is 1. The summed E-state index contributed by atoms with van der Waals surface area (Å²) in [6.07, 6.45) is 3.72. The zero-order valence-electron chi connectivity index (χ0n) is 13.7. The lowest BCUT2D eigenvalue weighted by molar-refractivity contribution is -0.116. The largest absolute Gasteiger partial charge is 0.338 e. The number of para-hydroxylation sites is 2. The van der Waals surface area contributed by atoms with Crippen molar-refractivity contribution in [3.05, 3.63) is 48.5 Å². The maximum absolute atomic E-state index is 11.9. The third-order valence-corrected chi connectivity index (χ3v) is 3.82. The van der Waals surface area contributed by atoms with Gasteiger partial charge in [0.1, 0.15) is 5.82 Å². The van der Waals surface area contributed by atoms with E-state index in [0.29, 0.717) is 6.42 Å². The molecule has 0 spiro atoms. The first-order valence-electron chi connectivity index (χ1n) is 8.11. The number of nitrogens with one attached hydrogen (secondary N) is 2. The van der Waals surface area contributed by atoms with E-state index < -0.39 is 0 Å². The number of imidazole rings is 1. The van der Waals surface area contributed by atoms with Crippen LogP contribution < -0.4 is 5.32 Å². The van der Waals surface area contributed by atoms with Crippen LogP contribution in [0.2, 0.25) is 0 Å². The fraction of sp³-hybridized carbons (Fsp3) is 0.263. The first-order chi connectivity index (χ1) is 11.3. The molecule has 24 heavy (non-hydrogen) atoms. The number of unbranched alkanes of at least 4 members (excludes halogenated alkanes) is 2. The summed E-state index contributed by atoms with van der Waals surface area (Å²) >= 11 is 0. The lowest BCUT2D eigenvalue weighted by Gasteiger charge is -2.06. The van der Waals surface area contributed by atoms with Crippen molar-refractivity contribution < 1.29 is 4.79 Å². The van der Waals surface area contributed by atoms with Crippen LogP contribution in [0.3, 0.4) is 0 Å². The smallest absolute Gasteiger partial charge is 0.224 e. The molecule has 0 bridgehead atoms. The number of nitrogens with zero attached hydrogens (tertiary/aromatic N) is 1. The fourth-order valence-electron chi connectivity index (χ4n) is 2.59. The second-order valence-electron chi connectivity index (χ2n) is 5.69. The molecule has 0 fully saturated rings. The number of aromatic amines is 1. The van der Waals surface area contributed by atoms with Gasteiger partial charge in [0, 0.05) is 17.7 Å². The quantitative estimate of drug-likeness (QED) is 0.606. The number of H-pyrrole nitrogens is 1. The van der Waals surface area contributed by atoms with Gasteiger partial charge in [-0.3, -0.25) is 4.79 Å². The summed E-state index contributed by atoms with van der Waals surface area (Å²) in [4.78, 5) is 19.8. The van der Waals surface area contributed by atoms with Crippen LogP contribution in [0.4, 0.5) is 5.69 Å². The number of amides is 1. The van der Waals surface area contributed by atoms with Crippen LogP contribution in [0.1, 0.15) is 32.6 Å². The summed E-state index contributed by atoms with van der Waals surface area (Å²) in [6.45, 7) is 2.13. The highest BCUT2D eigenvalue weighted by atomic mass is 35.5. The summed E-state index contributed by atoms with van der Waals surface area (Å²) < 4.78 is 0. The van der Waals surface area contributed by atoms with E-state index in [4.69, 9.17) is 0 Å². The van der Waals surface area contributed by atoms with Crippen molar-refractivity contribution in [3.8, 4) is 11.4 Å². The topological polar surface area (TPSA) is 57.8 Å². The van der Waals surface area contributed by atoms with E-state index in [0.717, 1.165) is 47.4 Å². The number of halogens is 1. The van der Waals surface area contributed by atoms with Crippen LogP contribution >= 0.6 is 12.4 Å². The van der Waals surface area contributed by atoms with Gasteiger partial charge in [0.15, 0.2) is 0 Å². The van der Waals surface area contributed by atoms with Crippen molar-refractivity contribution in [1.82, 2.24) is 9.97 Å². The van der Waals surface area contributed by atoms with E-state index in [9.17, 15) is 4.79 Å². The molecule has 0 radical (unpaired) electrons. The molecule has 0 aliphatic heterocycles. The monoisotopic (exact) mass is 343 g/mol. The Hall–Kier alpha value is -2.33. The summed E-state index contributed by atoms with van der Waals surface area (Å²) in [7, 11) is 0. The van der Waals surface area contributed by atoms with Crippen molar-refractivity contribution in [2.45, 2.75) is 32.6 Å². The van der Waals surface area contributed by atoms with E-state index in [2.05, 4.69) is 22.2 Å². The molecule has 0 saturated heterocycles. The molecule has 3 rings (SSSR count). The Bertz CT molecular complexity index is 780. The molecule has 1 aromatic heterocycles. The maximum Gasteiger partial charge on any atom is 0.224 e. The Morgan fingerprint density at radius 3 is 2.75 bits per heavy atom. The minimum absolute atomic E-state index is 0. The van der Waals surface area contributed by atoms with Gasteiger partial charge in [0.2, 0.25) is 5.91 Å². The molecule has 0 aliphatic rings. The number of hydrogen-bond acceptors (Lipinski definition) is 2. The van der Waals surface area contributed by atoms with Crippen molar-refractivity contribution in [2.24, 2.45) is 0 Å². The average Bonchev–Trinajstić information content (AvgIpc) is 2.99. The maximum atomic E-state index is 11.9. The number of anilines is 1. The summed E-state index contributed by atoms with van der Waals surface area (Å²) in [5.74, 6) is 0.883. The van der Waals surface area contributed by atoms with Crippen LogP contribution in [0, 0.1) is 0 Å². The SMILES string of the molecule is CCCCCC(=O)Nc1cccc(-c2nc3ccccc3[nH]2)c1.Cl. The lowest BCUT2D eigenvalue weighted by atomic mass is 10.1. The molecule has 0 unspecified atom stereocenters. The first kappa shape index (κ1) is 18.0. The molecule has 0 saturated carbocycles. The molecule has 2 aromatic carbocycles. The lowest BCUT2D eigenvalue weighted by Crippen LogP contribution is -2.10. The van der Waals surface area contributed by atoms with Crippen LogP contribution in [0.5, 0.6) is 0 Å². The molecule has 0 aliphatic carbocycles. The molecule has 126 valence electrons. The summed E-state index contributed by atoms with van der Waals surface area (Å²) in [5.41, 5.74) is 3.73. The molecule has 4 nitrogen and oxygen atoms in total. The predicted molar refractivity (Wildman–Crippen MR) is 102 cm³/mol. The molecule has 2 N–H and O–H groups in total. The second kappa shape index (κ2) is 8.50. The number of fused-ring (bicyclic) bond motifs is 1. The molecule has 1 heterocycles. The van der Waals surface area contributed by atoms with Gasteiger partial charge in [0.05, 0.1) is 11.0 Å². The summed E-state index contributed by atoms with van der Waals surface area (Å²) in [5, 5.41) is 2.96. The standard InChI is InChI=1S/C19H21N3O.ClH/c1-2-3-4-12-18(23)20-15-9-7-8-14(13-15)19-21-16-10-5-6-11-17(16)22-19;/h5-11,13H,2-4,12H2,1H3,(H,20,23)(H,21,22);1H. The van der Waals surface area contributed by atoms with Gasteiger partial charge in [-0.2, -0.15) is 0 Å². The van der Waals surface area contributed by atoms with E-state index in [1.165, 1.54) is 0 Å². The molecule has 1 amide bonds. The van der Waals surface area contributed by atoms with Crippen LogP contribution in [0.15, 0.2) is 48.5 Å². The number of carbonyl (C=O) groups excluding carboxylic acids is 1. The molecule has 0 atom stereocenters. The zero-order valence-corrected chi connectivity index (χ0v) is 14.5. The van der Waals surface area contributed by atoms with Gasteiger partial charge in [0.25, 0.3) is 0 Å². The van der Waals surface area contributed by atoms with Crippen molar-refractivity contribution in [2.75, 3.05) is 5.32 Å². The third kappa shape index (κ3) is 4.36. The molecular formula is C19H22ClN3O. The van der Waals surface area contributed by atoms with Crippen LogP contribution in [-0.2, 0) is 4.79 Å². The van der Waals surface area contributed by atoms with Gasteiger partial charge in [-0.25, -0.2) is 4.98 Å². The highest BCUT2D eigenvalue weighted by Gasteiger charge is 2.07. The highest BCUT2D eigenvalue weighted by molar-refractivity contribution is 5.91. The van der Waals surface area contributed by atoms with Crippen molar-refractivity contribution in [3.63, 3.8) is 0 Å². The van der Waals surface area contributed by atoms with Gasteiger partial charge < -0.3 is 10.3 Å². The Labute approximate surface area is 148 Å². The first-order valence-corrected chi connectivity index (χ1v) is 8.11. The minimum Gasteiger partial charge on any atom is -0.338 e. The van der Waals surface area contributed by atoms with E-state index in [1.54, 1.807) is 0 Å². The second-order valence-corrected chi connectivity index (χ2v) is 5.69. The fourth-order valence-corrected chi connectivity index (χ4v) is 2.59.